The molecule has 0 saturated carbocycles. The first-order chi connectivity index (χ1) is 15.6. The molecule has 1 saturated heterocycles. The SMILES string of the molecule is CC(OC(=O)CCCc1nc2ccccc2s1)C(=O)Nc1ccc(N2CCOCC2)cc1. The molecule has 2 heterocycles. The maximum atomic E-state index is 12.4. The van der Waals surface area contributed by atoms with Gasteiger partial charge in [0.05, 0.1) is 28.4 Å². The Hall–Kier alpha value is -2.97. The summed E-state index contributed by atoms with van der Waals surface area (Å²) >= 11 is 1.64. The minimum atomic E-state index is -0.858. The van der Waals surface area contributed by atoms with Crippen LogP contribution in [0.3, 0.4) is 0 Å². The van der Waals surface area contributed by atoms with Crippen LogP contribution in [-0.4, -0.2) is 49.3 Å². The minimum Gasteiger partial charge on any atom is -0.453 e. The second-order valence-corrected chi connectivity index (χ2v) is 8.81. The smallest absolute Gasteiger partial charge is 0.306 e. The summed E-state index contributed by atoms with van der Waals surface area (Å²) in [7, 11) is 0. The molecule has 1 aliphatic rings. The van der Waals surface area contributed by atoms with Crippen LogP contribution in [0.25, 0.3) is 10.2 Å². The van der Waals surface area contributed by atoms with Crippen LogP contribution in [0.4, 0.5) is 11.4 Å². The van der Waals surface area contributed by atoms with Crippen molar-refractivity contribution in [2.24, 2.45) is 0 Å². The van der Waals surface area contributed by atoms with Crippen LogP contribution in [0.5, 0.6) is 0 Å². The van der Waals surface area contributed by atoms with Crippen molar-refractivity contribution < 1.29 is 19.1 Å². The Morgan fingerprint density at radius 3 is 2.66 bits per heavy atom. The Balaban J connectivity index is 1.20. The fourth-order valence-corrected chi connectivity index (χ4v) is 4.55. The van der Waals surface area contributed by atoms with Gasteiger partial charge in [-0.3, -0.25) is 9.59 Å². The number of ether oxygens (including phenoxy) is 2. The first kappa shape index (κ1) is 22.2. The number of nitrogens with one attached hydrogen (secondary N) is 1. The maximum absolute atomic E-state index is 12.4. The number of benzene rings is 2. The lowest BCUT2D eigenvalue weighted by Crippen LogP contribution is -2.36. The van der Waals surface area contributed by atoms with Crippen molar-refractivity contribution in [2.75, 3.05) is 36.5 Å². The van der Waals surface area contributed by atoms with Crippen LogP contribution in [0.15, 0.2) is 48.5 Å². The summed E-state index contributed by atoms with van der Waals surface area (Å²) in [5, 5.41) is 3.81. The summed E-state index contributed by atoms with van der Waals surface area (Å²) < 4.78 is 11.8. The Labute approximate surface area is 191 Å². The molecular weight excluding hydrogens is 426 g/mol. The number of fused-ring (bicyclic) bond motifs is 1. The van der Waals surface area contributed by atoms with Crippen LogP contribution in [0.2, 0.25) is 0 Å². The molecule has 0 aliphatic carbocycles. The third kappa shape index (κ3) is 5.83. The van der Waals surface area contributed by atoms with Crippen molar-refractivity contribution in [1.82, 2.24) is 4.98 Å². The van der Waals surface area contributed by atoms with E-state index in [1.165, 1.54) is 0 Å². The van der Waals surface area contributed by atoms with E-state index in [4.69, 9.17) is 9.47 Å². The second-order valence-electron chi connectivity index (χ2n) is 7.70. The molecule has 7 nitrogen and oxygen atoms in total. The number of esters is 1. The number of para-hydroxylation sites is 1. The van der Waals surface area contributed by atoms with Gasteiger partial charge in [-0.15, -0.1) is 11.3 Å². The Kier molecular flexibility index (Phi) is 7.34. The molecule has 1 amide bonds. The van der Waals surface area contributed by atoms with Gasteiger partial charge in [-0.1, -0.05) is 12.1 Å². The van der Waals surface area contributed by atoms with Crippen molar-refractivity contribution in [3.05, 3.63) is 53.5 Å². The zero-order chi connectivity index (χ0) is 22.3. The molecule has 2 aromatic carbocycles. The fourth-order valence-electron chi connectivity index (χ4n) is 3.54. The fraction of sp³-hybridized carbons (Fsp3) is 0.375. The summed E-state index contributed by atoms with van der Waals surface area (Å²) in [4.78, 5) is 31.4. The van der Waals surface area contributed by atoms with E-state index in [0.717, 1.165) is 47.2 Å². The van der Waals surface area contributed by atoms with Crippen molar-refractivity contribution in [3.8, 4) is 0 Å². The molecule has 0 spiro atoms. The van der Waals surface area contributed by atoms with E-state index < -0.39 is 6.10 Å². The number of aryl methyl sites for hydroxylation is 1. The molecule has 0 bridgehead atoms. The lowest BCUT2D eigenvalue weighted by Gasteiger charge is -2.28. The third-order valence-electron chi connectivity index (χ3n) is 5.30. The number of rotatable bonds is 8. The maximum Gasteiger partial charge on any atom is 0.306 e. The monoisotopic (exact) mass is 453 g/mol. The molecule has 32 heavy (non-hydrogen) atoms. The summed E-state index contributed by atoms with van der Waals surface area (Å²) in [5.41, 5.74) is 2.75. The topological polar surface area (TPSA) is 80.8 Å². The minimum absolute atomic E-state index is 0.252. The normalized spacial score (nSPS) is 14.8. The highest BCUT2D eigenvalue weighted by molar-refractivity contribution is 7.18. The van der Waals surface area contributed by atoms with Gasteiger partial charge in [0.25, 0.3) is 5.91 Å². The first-order valence-electron chi connectivity index (χ1n) is 10.9. The predicted octanol–water partition coefficient (Wildman–Crippen LogP) is 4.03. The largest absolute Gasteiger partial charge is 0.453 e. The molecule has 1 aliphatic heterocycles. The van der Waals surface area contributed by atoms with Gasteiger partial charge in [0.1, 0.15) is 0 Å². The molecule has 8 heteroatoms. The van der Waals surface area contributed by atoms with E-state index in [1.54, 1.807) is 18.3 Å². The summed E-state index contributed by atoms with van der Waals surface area (Å²) in [6.07, 6.45) is 0.742. The van der Waals surface area contributed by atoms with E-state index in [0.29, 0.717) is 18.5 Å². The predicted molar refractivity (Wildman–Crippen MR) is 126 cm³/mol. The van der Waals surface area contributed by atoms with Gasteiger partial charge in [0, 0.05) is 30.9 Å². The number of amides is 1. The standard InChI is InChI=1S/C24H27N3O4S/c1-17(24(29)25-18-9-11-19(12-10-18)27-13-15-30-16-14-27)31-23(28)8-4-7-22-26-20-5-2-3-6-21(20)32-22/h2-3,5-6,9-12,17H,4,7-8,13-16H2,1H3,(H,25,29). The molecule has 1 N–H and O–H groups in total. The molecule has 1 atom stereocenters. The van der Waals surface area contributed by atoms with Crippen LogP contribution in [-0.2, 0) is 25.5 Å². The Morgan fingerprint density at radius 2 is 1.91 bits per heavy atom. The number of hydrogen-bond donors (Lipinski definition) is 1. The lowest BCUT2D eigenvalue weighted by atomic mass is 10.2. The number of thiazole rings is 1. The van der Waals surface area contributed by atoms with E-state index in [1.807, 2.05) is 48.5 Å². The van der Waals surface area contributed by atoms with Crippen LogP contribution >= 0.6 is 11.3 Å². The zero-order valence-electron chi connectivity index (χ0n) is 18.1. The first-order valence-corrected chi connectivity index (χ1v) is 11.7. The summed E-state index contributed by atoms with van der Waals surface area (Å²) in [6.45, 7) is 4.75. The third-order valence-corrected chi connectivity index (χ3v) is 6.39. The van der Waals surface area contributed by atoms with E-state index in [2.05, 4.69) is 15.2 Å². The number of carbonyl (C=O) groups is 2. The van der Waals surface area contributed by atoms with Crippen molar-refractivity contribution in [3.63, 3.8) is 0 Å². The number of morpholine rings is 1. The van der Waals surface area contributed by atoms with Crippen molar-refractivity contribution in [1.29, 1.82) is 0 Å². The molecule has 1 fully saturated rings. The van der Waals surface area contributed by atoms with Gasteiger partial charge in [-0.05, 0) is 56.2 Å². The molecule has 1 unspecified atom stereocenters. The van der Waals surface area contributed by atoms with E-state index in [-0.39, 0.29) is 18.3 Å². The molecule has 3 aromatic rings. The number of carbonyl (C=O) groups excluding carboxylic acids is 2. The van der Waals surface area contributed by atoms with Crippen LogP contribution < -0.4 is 10.2 Å². The van der Waals surface area contributed by atoms with Gasteiger partial charge in [0.15, 0.2) is 6.10 Å². The van der Waals surface area contributed by atoms with Gasteiger partial charge in [-0.25, -0.2) is 4.98 Å². The highest BCUT2D eigenvalue weighted by Gasteiger charge is 2.18. The molecule has 0 radical (unpaired) electrons. The lowest BCUT2D eigenvalue weighted by molar-refractivity contribution is -0.153. The number of nitrogens with zero attached hydrogens (tertiary/aromatic N) is 2. The average Bonchev–Trinajstić information content (AvgIpc) is 3.23. The zero-order valence-corrected chi connectivity index (χ0v) is 18.9. The second kappa shape index (κ2) is 10.6. The number of aromatic nitrogens is 1. The number of hydrogen-bond acceptors (Lipinski definition) is 7. The highest BCUT2D eigenvalue weighted by Crippen LogP contribution is 2.23. The molecule has 168 valence electrons. The highest BCUT2D eigenvalue weighted by atomic mass is 32.1. The molecule has 4 rings (SSSR count). The van der Waals surface area contributed by atoms with Gasteiger partial charge in [0.2, 0.25) is 0 Å². The average molecular weight is 454 g/mol. The van der Waals surface area contributed by atoms with Gasteiger partial charge >= 0.3 is 5.97 Å². The van der Waals surface area contributed by atoms with Gasteiger partial charge < -0.3 is 19.7 Å². The van der Waals surface area contributed by atoms with E-state index in [9.17, 15) is 9.59 Å². The quantitative estimate of drug-likeness (QED) is 0.519. The van der Waals surface area contributed by atoms with Crippen molar-refractivity contribution >= 4 is 44.8 Å². The van der Waals surface area contributed by atoms with Crippen LogP contribution in [0, 0.1) is 0 Å². The van der Waals surface area contributed by atoms with E-state index >= 15 is 0 Å². The Morgan fingerprint density at radius 1 is 1.16 bits per heavy atom. The van der Waals surface area contributed by atoms with Crippen molar-refractivity contribution in [2.45, 2.75) is 32.3 Å². The van der Waals surface area contributed by atoms with Gasteiger partial charge in [-0.2, -0.15) is 0 Å². The Bertz CT molecular complexity index is 1030. The molecule has 1 aromatic heterocycles. The number of anilines is 2. The van der Waals surface area contributed by atoms with Crippen LogP contribution in [0.1, 0.15) is 24.8 Å². The summed E-state index contributed by atoms with van der Waals surface area (Å²) in [6, 6.07) is 15.6. The summed E-state index contributed by atoms with van der Waals surface area (Å²) in [5.74, 6) is -0.722. The molecular formula is C24H27N3O4S.